The lowest BCUT2D eigenvalue weighted by Gasteiger charge is -2.34. The van der Waals surface area contributed by atoms with Crippen LogP contribution in [0.2, 0.25) is 0 Å². The molecule has 120 valence electrons. The minimum Gasteiger partial charge on any atom is -0.378 e. The average molecular weight is 304 g/mol. The van der Waals surface area contributed by atoms with E-state index in [9.17, 15) is 4.79 Å². The van der Waals surface area contributed by atoms with Gasteiger partial charge in [0, 0.05) is 44.4 Å². The van der Waals surface area contributed by atoms with Crippen molar-refractivity contribution in [2.24, 2.45) is 5.92 Å². The number of anilines is 1. The fourth-order valence-electron chi connectivity index (χ4n) is 3.17. The van der Waals surface area contributed by atoms with Crippen LogP contribution in [0.25, 0.3) is 0 Å². The zero-order valence-electron chi connectivity index (χ0n) is 13.3. The molecule has 1 atom stereocenters. The van der Waals surface area contributed by atoms with Crippen molar-refractivity contribution in [3.8, 4) is 0 Å². The maximum Gasteiger partial charge on any atom is 0.253 e. The van der Waals surface area contributed by atoms with Crippen LogP contribution in [0.4, 0.5) is 5.69 Å². The molecule has 2 saturated heterocycles. The summed E-state index contributed by atoms with van der Waals surface area (Å²) in [5.74, 6) is 0.392. The van der Waals surface area contributed by atoms with Gasteiger partial charge >= 0.3 is 0 Å². The van der Waals surface area contributed by atoms with Crippen LogP contribution in [0.5, 0.6) is 0 Å². The Balaban J connectivity index is 1.69. The number of ether oxygens (including phenoxy) is 2. The Morgan fingerprint density at radius 2 is 2.05 bits per heavy atom. The van der Waals surface area contributed by atoms with Crippen molar-refractivity contribution >= 4 is 11.6 Å². The first-order valence-electron chi connectivity index (χ1n) is 7.95. The van der Waals surface area contributed by atoms with Gasteiger partial charge in [-0.3, -0.25) is 4.79 Å². The summed E-state index contributed by atoms with van der Waals surface area (Å²) in [6.07, 6.45) is 1.93. The predicted octanol–water partition coefficient (Wildman–Crippen LogP) is 1.98. The Hall–Kier alpha value is -1.59. The van der Waals surface area contributed by atoms with Gasteiger partial charge in [-0.25, -0.2) is 0 Å². The monoisotopic (exact) mass is 304 g/mol. The number of nitrogens with zero attached hydrogens (tertiary/aromatic N) is 2. The topological polar surface area (TPSA) is 42.0 Å². The first kappa shape index (κ1) is 15.3. The van der Waals surface area contributed by atoms with Gasteiger partial charge in [-0.05, 0) is 31.0 Å². The molecule has 2 fully saturated rings. The van der Waals surface area contributed by atoms with Crippen molar-refractivity contribution in [2.45, 2.75) is 19.1 Å². The second-order valence-corrected chi connectivity index (χ2v) is 6.21. The first-order valence-corrected chi connectivity index (χ1v) is 7.95. The highest BCUT2D eigenvalue weighted by Gasteiger charge is 2.33. The molecule has 3 rings (SSSR count). The smallest absolute Gasteiger partial charge is 0.253 e. The van der Waals surface area contributed by atoms with Gasteiger partial charge in [-0.1, -0.05) is 6.07 Å². The minimum absolute atomic E-state index is 0.103. The lowest BCUT2D eigenvalue weighted by Crippen LogP contribution is -2.43. The predicted molar refractivity (Wildman–Crippen MR) is 85.1 cm³/mol. The van der Waals surface area contributed by atoms with E-state index in [1.807, 2.05) is 48.2 Å². The Morgan fingerprint density at radius 3 is 2.77 bits per heavy atom. The van der Waals surface area contributed by atoms with Crippen molar-refractivity contribution in [1.29, 1.82) is 0 Å². The minimum atomic E-state index is -0.135. The van der Waals surface area contributed by atoms with Gasteiger partial charge in [0.1, 0.15) is 0 Å². The quantitative estimate of drug-likeness (QED) is 0.856. The van der Waals surface area contributed by atoms with Gasteiger partial charge in [0.2, 0.25) is 0 Å². The lowest BCUT2D eigenvalue weighted by molar-refractivity contribution is -0.0969. The lowest BCUT2D eigenvalue weighted by atomic mass is 9.96. The van der Waals surface area contributed by atoms with Crippen molar-refractivity contribution < 1.29 is 14.3 Å². The highest BCUT2D eigenvalue weighted by Crippen LogP contribution is 2.26. The number of hydrogen-bond donors (Lipinski definition) is 0. The van der Waals surface area contributed by atoms with Gasteiger partial charge in [0.05, 0.1) is 13.2 Å². The van der Waals surface area contributed by atoms with Crippen molar-refractivity contribution in [1.82, 2.24) is 4.90 Å². The SMILES string of the molecule is CN(C)c1cccc(C(=O)N2CCCC(C3OCCO3)C2)c1. The summed E-state index contributed by atoms with van der Waals surface area (Å²) >= 11 is 0. The van der Waals surface area contributed by atoms with E-state index in [0.717, 1.165) is 37.2 Å². The van der Waals surface area contributed by atoms with E-state index < -0.39 is 0 Å². The Kier molecular flexibility index (Phi) is 4.64. The third-order valence-electron chi connectivity index (χ3n) is 4.39. The van der Waals surface area contributed by atoms with E-state index in [-0.39, 0.29) is 18.1 Å². The molecule has 5 heteroatoms. The van der Waals surface area contributed by atoms with Crippen LogP contribution in [0.1, 0.15) is 23.2 Å². The molecule has 0 spiro atoms. The van der Waals surface area contributed by atoms with Crippen LogP contribution in [-0.4, -0.2) is 57.5 Å². The van der Waals surface area contributed by atoms with Gasteiger partial charge in [-0.2, -0.15) is 0 Å². The van der Waals surface area contributed by atoms with Gasteiger partial charge in [0.25, 0.3) is 5.91 Å². The fourth-order valence-corrected chi connectivity index (χ4v) is 3.17. The molecule has 22 heavy (non-hydrogen) atoms. The van der Waals surface area contributed by atoms with Gasteiger partial charge in [0.15, 0.2) is 6.29 Å². The number of hydrogen-bond acceptors (Lipinski definition) is 4. The van der Waals surface area contributed by atoms with Gasteiger partial charge < -0.3 is 19.3 Å². The molecular formula is C17H24N2O3. The van der Waals surface area contributed by atoms with E-state index in [4.69, 9.17) is 9.47 Å². The normalized spacial score (nSPS) is 22.8. The average Bonchev–Trinajstić information content (AvgIpc) is 3.09. The summed E-state index contributed by atoms with van der Waals surface area (Å²) in [6, 6.07) is 7.79. The Bertz CT molecular complexity index is 526. The summed E-state index contributed by atoms with van der Waals surface area (Å²) in [6.45, 7) is 2.87. The zero-order chi connectivity index (χ0) is 15.5. The molecule has 2 heterocycles. The van der Waals surface area contributed by atoms with Crippen LogP contribution in [-0.2, 0) is 9.47 Å². The van der Waals surface area contributed by atoms with Crippen LogP contribution >= 0.6 is 0 Å². The van der Waals surface area contributed by atoms with E-state index in [0.29, 0.717) is 13.2 Å². The first-order chi connectivity index (χ1) is 10.6. The summed E-state index contributed by atoms with van der Waals surface area (Å²) in [7, 11) is 3.96. The maximum absolute atomic E-state index is 12.8. The highest BCUT2D eigenvalue weighted by atomic mass is 16.7. The fraction of sp³-hybridized carbons (Fsp3) is 0.588. The molecular weight excluding hydrogens is 280 g/mol. The van der Waals surface area contributed by atoms with Crippen LogP contribution < -0.4 is 4.90 Å². The molecule has 0 radical (unpaired) electrons. The Morgan fingerprint density at radius 1 is 1.27 bits per heavy atom. The molecule has 1 aromatic carbocycles. The number of amides is 1. The number of carbonyl (C=O) groups is 1. The van der Waals surface area contributed by atoms with Crippen LogP contribution in [0, 0.1) is 5.92 Å². The number of piperidine rings is 1. The molecule has 0 aromatic heterocycles. The second-order valence-electron chi connectivity index (χ2n) is 6.21. The molecule has 2 aliphatic rings. The number of rotatable bonds is 3. The molecule has 0 saturated carbocycles. The molecule has 0 bridgehead atoms. The third kappa shape index (κ3) is 3.25. The van der Waals surface area contributed by atoms with E-state index >= 15 is 0 Å². The third-order valence-corrected chi connectivity index (χ3v) is 4.39. The molecule has 1 unspecified atom stereocenters. The van der Waals surface area contributed by atoms with Gasteiger partial charge in [-0.15, -0.1) is 0 Å². The summed E-state index contributed by atoms with van der Waals surface area (Å²) in [4.78, 5) is 16.7. The van der Waals surface area contributed by atoms with Crippen molar-refractivity contribution in [3.05, 3.63) is 29.8 Å². The van der Waals surface area contributed by atoms with Crippen molar-refractivity contribution in [2.75, 3.05) is 45.3 Å². The summed E-state index contributed by atoms with van der Waals surface area (Å²) in [5, 5.41) is 0. The molecule has 2 aliphatic heterocycles. The summed E-state index contributed by atoms with van der Waals surface area (Å²) in [5.41, 5.74) is 1.79. The largest absolute Gasteiger partial charge is 0.378 e. The maximum atomic E-state index is 12.8. The second kappa shape index (κ2) is 6.67. The van der Waals surface area contributed by atoms with Crippen LogP contribution in [0.3, 0.4) is 0 Å². The standard InChI is InChI=1S/C17H24N2O3/c1-18(2)15-7-3-5-13(11-15)16(20)19-8-4-6-14(12-19)17-21-9-10-22-17/h3,5,7,11,14,17H,4,6,8-10,12H2,1-2H3. The number of carbonyl (C=O) groups excluding carboxylic acids is 1. The molecule has 0 aliphatic carbocycles. The van der Waals surface area contributed by atoms with E-state index in [1.54, 1.807) is 0 Å². The zero-order valence-corrected chi connectivity index (χ0v) is 13.3. The number of likely N-dealkylation sites (tertiary alicyclic amines) is 1. The highest BCUT2D eigenvalue weighted by molar-refractivity contribution is 5.95. The molecule has 0 N–H and O–H groups in total. The molecule has 1 aromatic rings. The molecule has 5 nitrogen and oxygen atoms in total. The Labute approximate surface area is 131 Å². The van der Waals surface area contributed by atoms with Crippen molar-refractivity contribution in [3.63, 3.8) is 0 Å². The van der Waals surface area contributed by atoms with Crippen LogP contribution in [0.15, 0.2) is 24.3 Å². The van der Waals surface area contributed by atoms with E-state index in [2.05, 4.69) is 0 Å². The van der Waals surface area contributed by atoms with E-state index in [1.165, 1.54) is 0 Å². The summed E-state index contributed by atoms with van der Waals surface area (Å²) < 4.78 is 11.2. The number of benzene rings is 1. The molecule has 1 amide bonds.